The molecule has 2 rings (SSSR count). The van der Waals surface area contributed by atoms with Gasteiger partial charge in [0, 0.05) is 4.90 Å². The molecule has 28 heavy (non-hydrogen) atoms. The SMILES string of the molecule is CC(=O)[C@H](Cc1ccccc1)NC(=O)COC(=O)CSc1ccc(C)cc1C. The highest BCUT2D eigenvalue weighted by atomic mass is 32.2. The van der Waals surface area contributed by atoms with Crippen LogP contribution >= 0.6 is 11.8 Å². The minimum absolute atomic E-state index is 0.122. The number of aryl methyl sites for hydroxylation is 2. The van der Waals surface area contributed by atoms with Gasteiger partial charge in [-0.1, -0.05) is 48.0 Å². The molecule has 0 saturated carbocycles. The molecule has 5 nitrogen and oxygen atoms in total. The van der Waals surface area contributed by atoms with Crippen molar-refractivity contribution in [1.29, 1.82) is 0 Å². The van der Waals surface area contributed by atoms with E-state index in [-0.39, 0.29) is 11.5 Å². The molecule has 0 aliphatic rings. The Morgan fingerprint density at radius 2 is 1.79 bits per heavy atom. The lowest BCUT2D eigenvalue weighted by Crippen LogP contribution is -2.43. The summed E-state index contributed by atoms with van der Waals surface area (Å²) in [5.74, 6) is -0.977. The van der Waals surface area contributed by atoms with Crippen LogP contribution in [-0.2, 0) is 25.5 Å². The molecule has 1 atom stereocenters. The average Bonchev–Trinajstić information content (AvgIpc) is 2.66. The second-order valence-electron chi connectivity index (χ2n) is 6.64. The van der Waals surface area contributed by atoms with E-state index in [1.165, 1.54) is 18.7 Å². The third-order valence-corrected chi connectivity index (χ3v) is 5.30. The summed E-state index contributed by atoms with van der Waals surface area (Å²) in [6.07, 6.45) is 0.401. The zero-order valence-electron chi connectivity index (χ0n) is 16.4. The number of nitrogens with one attached hydrogen (secondary N) is 1. The molecule has 0 fully saturated rings. The molecule has 1 N–H and O–H groups in total. The molecule has 0 saturated heterocycles. The van der Waals surface area contributed by atoms with E-state index in [1.807, 2.05) is 56.3 Å². The Morgan fingerprint density at radius 3 is 2.43 bits per heavy atom. The molecule has 0 aromatic heterocycles. The zero-order valence-corrected chi connectivity index (χ0v) is 17.2. The number of thioether (sulfide) groups is 1. The lowest BCUT2D eigenvalue weighted by Gasteiger charge is -2.16. The van der Waals surface area contributed by atoms with Gasteiger partial charge in [-0.05, 0) is 44.4 Å². The number of esters is 1. The molecule has 0 bridgehead atoms. The number of ether oxygens (including phenoxy) is 1. The van der Waals surface area contributed by atoms with E-state index in [0.29, 0.717) is 6.42 Å². The summed E-state index contributed by atoms with van der Waals surface area (Å²) in [7, 11) is 0. The Hall–Kier alpha value is -2.60. The summed E-state index contributed by atoms with van der Waals surface area (Å²) in [5, 5.41) is 2.64. The Balaban J connectivity index is 1.78. The van der Waals surface area contributed by atoms with E-state index in [0.717, 1.165) is 21.6 Å². The summed E-state index contributed by atoms with van der Waals surface area (Å²) in [6, 6.07) is 14.8. The van der Waals surface area contributed by atoms with Crippen LogP contribution in [0.15, 0.2) is 53.4 Å². The monoisotopic (exact) mass is 399 g/mol. The van der Waals surface area contributed by atoms with Crippen LogP contribution in [0.3, 0.4) is 0 Å². The summed E-state index contributed by atoms with van der Waals surface area (Å²) >= 11 is 1.38. The standard InChI is InChI=1S/C22H25NO4S/c1-15-9-10-20(16(2)11-15)28-14-22(26)27-13-21(25)23-19(17(3)24)12-18-7-5-4-6-8-18/h4-11,19H,12-14H2,1-3H3,(H,23,25)/t19-/m0/s1. The molecule has 0 radical (unpaired) electrons. The first-order valence-corrected chi connectivity index (χ1v) is 10.0. The van der Waals surface area contributed by atoms with Crippen molar-refractivity contribution in [2.45, 2.75) is 38.1 Å². The number of hydrogen-bond donors (Lipinski definition) is 1. The molecule has 1 amide bonds. The lowest BCUT2D eigenvalue weighted by molar-refractivity contribution is -0.146. The fraction of sp³-hybridized carbons (Fsp3) is 0.318. The van der Waals surface area contributed by atoms with Gasteiger partial charge in [-0.15, -0.1) is 11.8 Å². The predicted octanol–water partition coefficient (Wildman–Crippen LogP) is 3.26. The third-order valence-electron chi connectivity index (χ3n) is 4.15. The molecule has 0 unspecified atom stereocenters. The van der Waals surface area contributed by atoms with Crippen molar-refractivity contribution in [3.8, 4) is 0 Å². The first kappa shape index (κ1) is 21.7. The minimum Gasteiger partial charge on any atom is -0.455 e. The Bertz CT molecular complexity index is 836. The Morgan fingerprint density at radius 1 is 1.07 bits per heavy atom. The first-order chi connectivity index (χ1) is 13.3. The van der Waals surface area contributed by atoms with Crippen LogP contribution in [0.25, 0.3) is 0 Å². The van der Waals surface area contributed by atoms with Crippen molar-refractivity contribution in [1.82, 2.24) is 5.32 Å². The highest BCUT2D eigenvalue weighted by Gasteiger charge is 2.18. The number of amides is 1. The molecular formula is C22H25NO4S. The predicted molar refractivity (Wildman–Crippen MR) is 110 cm³/mol. The summed E-state index contributed by atoms with van der Waals surface area (Å²) in [4.78, 5) is 36.8. The number of hydrogen-bond acceptors (Lipinski definition) is 5. The second-order valence-corrected chi connectivity index (χ2v) is 7.66. The van der Waals surface area contributed by atoms with Crippen LogP contribution in [0.5, 0.6) is 0 Å². The summed E-state index contributed by atoms with van der Waals surface area (Å²) in [6.45, 7) is 5.04. The molecule has 0 aliphatic heterocycles. The number of carbonyl (C=O) groups is 3. The number of rotatable bonds is 9. The smallest absolute Gasteiger partial charge is 0.316 e. The van der Waals surface area contributed by atoms with Crippen LogP contribution in [0.1, 0.15) is 23.6 Å². The molecule has 0 aliphatic carbocycles. The molecule has 2 aromatic carbocycles. The maximum absolute atomic E-state index is 12.1. The molecular weight excluding hydrogens is 374 g/mol. The largest absolute Gasteiger partial charge is 0.455 e. The van der Waals surface area contributed by atoms with Gasteiger partial charge < -0.3 is 10.1 Å². The second kappa shape index (κ2) is 10.7. The molecule has 0 heterocycles. The van der Waals surface area contributed by atoms with Gasteiger partial charge in [-0.25, -0.2) is 0 Å². The molecule has 148 valence electrons. The summed E-state index contributed by atoms with van der Waals surface area (Å²) < 4.78 is 5.04. The Labute approximate surface area is 169 Å². The van der Waals surface area contributed by atoms with Crippen LogP contribution in [0.2, 0.25) is 0 Å². The van der Waals surface area contributed by atoms with E-state index in [9.17, 15) is 14.4 Å². The van der Waals surface area contributed by atoms with E-state index in [4.69, 9.17) is 4.74 Å². The van der Waals surface area contributed by atoms with E-state index >= 15 is 0 Å². The first-order valence-electron chi connectivity index (χ1n) is 9.04. The van der Waals surface area contributed by atoms with Crippen molar-refractivity contribution in [2.75, 3.05) is 12.4 Å². The zero-order chi connectivity index (χ0) is 20.5. The summed E-state index contributed by atoms with van der Waals surface area (Å²) in [5.41, 5.74) is 3.21. The van der Waals surface area contributed by atoms with Crippen molar-refractivity contribution in [2.24, 2.45) is 0 Å². The van der Waals surface area contributed by atoms with Crippen LogP contribution in [0.4, 0.5) is 0 Å². The van der Waals surface area contributed by atoms with E-state index in [1.54, 1.807) is 0 Å². The van der Waals surface area contributed by atoms with E-state index in [2.05, 4.69) is 11.4 Å². The average molecular weight is 400 g/mol. The molecule has 6 heteroatoms. The van der Waals surface area contributed by atoms with Crippen LogP contribution in [0, 0.1) is 13.8 Å². The van der Waals surface area contributed by atoms with Gasteiger partial charge in [0.15, 0.2) is 12.4 Å². The van der Waals surface area contributed by atoms with Gasteiger partial charge in [0.2, 0.25) is 0 Å². The van der Waals surface area contributed by atoms with Crippen molar-refractivity contribution < 1.29 is 19.1 Å². The van der Waals surface area contributed by atoms with Gasteiger partial charge in [-0.3, -0.25) is 14.4 Å². The Kier molecular flexibility index (Phi) is 8.26. The maximum atomic E-state index is 12.1. The van der Waals surface area contributed by atoms with Crippen LogP contribution < -0.4 is 5.32 Å². The minimum atomic E-state index is -0.641. The van der Waals surface area contributed by atoms with Gasteiger partial charge in [0.25, 0.3) is 5.91 Å². The van der Waals surface area contributed by atoms with Crippen LogP contribution in [-0.4, -0.2) is 36.1 Å². The van der Waals surface area contributed by atoms with Gasteiger partial charge >= 0.3 is 5.97 Å². The van der Waals surface area contributed by atoms with E-state index < -0.39 is 24.5 Å². The third kappa shape index (κ3) is 7.19. The maximum Gasteiger partial charge on any atom is 0.316 e. The van der Waals surface area contributed by atoms with Gasteiger partial charge in [0.05, 0.1) is 11.8 Å². The molecule has 0 spiro atoms. The highest BCUT2D eigenvalue weighted by molar-refractivity contribution is 8.00. The quantitative estimate of drug-likeness (QED) is 0.518. The van der Waals surface area contributed by atoms with Gasteiger partial charge in [-0.2, -0.15) is 0 Å². The fourth-order valence-corrected chi connectivity index (χ4v) is 3.48. The van der Waals surface area contributed by atoms with Gasteiger partial charge in [0.1, 0.15) is 0 Å². The van der Waals surface area contributed by atoms with Crippen molar-refractivity contribution in [3.63, 3.8) is 0 Å². The normalized spacial score (nSPS) is 11.5. The number of ketones is 1. The number of Topliss-reactive ketones (excluding diaryl/α,β-unsaturated/α-hetero) is 1. The van der Waals surface area contributed by atoms with Crippen molar-refractivity contribution >= 4 is 29.4 Å². The number of benzene rings is 2. The fourth-order valence-electron chi connectivity index (χ4n) is 2.67. The van der Waals surface area contributed by atoms with Crippen molar-refractivity contribution in [3.05, 3.63) is 65.2 Å². The molecule has 2 aromatic rings. The highest BCUT2D eigenvalue weighted by Crippen LogP contribution is 2.23. The topological polar surface area (TPSA) is 72.5 Å². The lowest BCUT2D eigenvalue weighted by atomic mass is 10.0. The number of carbonyl (C=O) groups excluding carboxylic acids is 3.